The van der Waals surface area contributed by atoms with Gasteiger partial charge in [-0.15, -0.1) is 0 Å². The van der Waals surface area contributed by atoms with Crippen molar-refractivity contribution in [2.75, 3.05) is 58.9 Å². The largest absolute Gasteiger partial charge is 0.392 e. The quantitative estimate of drug-likeness (QED) is 0.301. The summed E-state index contributed by atoms with van der Waals surface area (Å²) in [6, 6.07) is 0. The molecule has 7 N–H and O–H groups in total. The van der Waals surface area contributed by atoms with Gasteiger partial charge < -0.3 is 27.2 Å². The predicted octanol–water partition coefficient (Wildman–Crippen LogP) is -0.592. The summed E-state index contributed by atoms with van der Waals surface area (Å²) in [5.74, 6) is 0. The lowest BCUT2D eigenvalue weighted by atomic mass is 10.2. The first-order valence-electron chi connectivity index (χ1n) is 8.40. The zero-order valence-corrected chi connectivity index (χ0v) is 13.8. The van der Waals surface area contributed by atoms with Gasteiger partial charge in [0.05, 0.1) is 6.10 Å². The highest BCUT2D eigenvalue weighted by molar-refractivity contribution is 4.65. The third-order valence-electron chi connectivity index (χ3n) is 3.72. The van der Waals surface area contributed by atoms with Crippen LogP contribution in [0.5, 0.6) is 0 Å². The molecule has 0 rings (SSSR count). The van der Waals surface area contributed by atoms with Crippen LogP contribution in [0.3, 0.4) is 0 Å². The Bertz CT molecular complexity index is 212. The molecule has 0 aromatic carbocycles. The van der Waals surface area contributed by atoms with E-state index >= 15 is 0 Å². The highest BCUT2D eigenvalue weighted by Gasteiger charge is 2.09. The molecule has 0 radical (unpaired) electrons. The average Bonchev–Trinajstić information content (AvgIpc) is 2.47. The second kappa shape index (κ2) is 14.7. The minimum Gasteiger partial charge on any atom is -0.392 e. The highest BCUT2D eigenvalue weighted by Crippen LogP contribution is 2.03. The average molecular weight is 303 g/mol. The molecule has 0 aliphatic carbocycles. The van der Waals surface area contributed by atoms with Crippen molar-refractivity contribution in [3.05, 3.63) is 0 Å². The molecule has 0 aromatic heterocycles. The molecule has 6 heteroatoms. The van der Waals surface area contributed by atoms with E-state index in [4.69, 9.17) is 17.2 Å². The Kier molecular flexibility index (Phi) is 14.5. The molecule has 0 spiro atoms. The van der Waals surface area contributed by atoms with Crippen molar-refractivity contribution >= 4 is 0 Å². The maximum atomic E-state index is 9.74. The van der Waals surface area contributed by atoms with Crippen LogP contribution in [-0.2, 0) is 0 Å². The SMILES string of the molecule is CCC(O)CN(CCN)CCCCCN(CCN)CCN. The monoisotopic (exact) mass is 303 g/mol. The number of aliphatic hydroxyl groups is 1. The number of nitrogens with zero attached hydrogens (tertiary/aromatic N) is 2. The number of rotatable bonds is 15. The molecular formula is C15H37N5O. The first-order chi connectivity index (χ1) is 10.2. The van der Waals surface area contributed by atoms with Crippen molar-refractivity contribution in [1.82, 2.24) is 9.80 Å². The molecule has 0 bridgehead atoms. The van der Waals surface area contributed by atoms with Crippen molar-refractivity contribution < 1.29 is 5.11 Å². The third-order valence-corrected chi connectivity index (χ3v) is 3.72. The summed E-state index contributed by atoms with van der Waals surface area (Å²) in [7, 11) is 0. The topological polar surface area (TPSA) is 105 Å². The van der Waals surface area contributed by atoms with E-state index in [-0.39, 0.29) is 6.10 Å². The van der Waals surface area contributed by atoms with Crippen molar-refractivity contribution in [1.29, 1.82) is 0 Å². The molecule has 0 aliphatic heterocycles. The second-order valence-electron chi connectivity index (χ2n) is 5.63. The molecule has 1 atom stereocenters. The van der Waals surface area contributed by atoms with Gasteiger partial charge in [0.25, 0.3) is 0 Å². The van der Waals surface area contributed by atoms with Gasteiger partial charge in [-0.3, -0.25) is 4.90 Å². The third kappa shape index (κ3) is 12.0. The summed E-state index contributed by atoms with van der Waals surface area (Å²) in [4.78, 5) is 4.60. The molecule has 0 saturated heterocycles. The van der Waals surface area contributed by atoms with Gasteiger partial charge in [0.1, 0.15) is 0 Å². The molecule has 0 aromatic rings. The van der Waals surface area contributed by atoms with Crippen LogP contribution in [0.1, 0.15) is 32.6 Å². The zero-order valence-electron chi connectivity index (χ0n) is 13.8. The normalized spacial score (nSPS) is 13.3. The van der Waals surface area contributed by atoms with Crippen LogP contribution >= 0.6 is 0 Å². The lowest BCUT2D eigenvalue weighted by Crippen LogP contribution is -2.37. The summed E-state index contributed by atoms with van der Waals surface area (Å²) in [5.41, 5.74) is 16.8. The molecule has 0 amide bonds. The van der Waals surface area contributed by atoms with Crippen molar-refractivity contribution in [3.8, 4) is 0 Å². The Balaban J connectivity index is 3.77. The molecule has 0 heterocycles. The minimum absolute atomic E-state index is 0.235. The van der Waals surface area contributed by atoms with Crippen LogP contribution in [-0.4, -0.2) is 79.9 Å². The van der Waals surface area contributed by atoms with E-state index in [0.29, 0.717) is 19.6 Å². The second-order valence-corrected chi connectivity index (χ2v) is 5.63. The fourth-order valence-electron chi connectivity index (χ4n) is 2.45. The maximum Gasteiger partial charge on any atom is 0.0664 e. The van der Waals surface area contributed by atoms with E-state index in [2.05, 4.69) is 9.80 Å². The Morgan fingerprint density at radius 3 is 1.71 bits per heavy atom. The summed E-state index contributed by atoms with van der Waals surface area (Å²) >= 11 is 0. The standard InChI is InChI=1S/C15H37N5O/c1-2-15(21)14-20(13-8-18)10-5-3-4-9-19(11-6-16)12-7-17/h15,21H,2-14,16-18H2,1H3. The van der Waals surface area contributed by atoms with E-state index in [1.54, 1.807) is 0 Å². The lowest BCUT2D eigenvalue weighted by Gasteiger charge is -2.24. The van der Waals surface area contributed by atoms with Crippen LogP contribution in [0.4, 0.5) is 0 Å². The minimum atomic E-state index is -0.235. The van der Waals surface area contributed by atoms with Crippen LogP contribution in [0.15, 0.2) is 0 Å². The Morgan fingerprint density at radius 2 is 1.24 bits per heavy atom. The summed E-state index contributed by atoms with van der Waals surface area (Å²) in [5, 5.41) is 9.74. The lowest BCUT2D eigenvalue weighted by molar-refractivity contribution is 0.109. The van der Waals surface area contributed by atoms with Crippen molar-refractivity contribution in [2.24, 2.45) is 17.2 Å². The van der Waals surface area contributed by atoms with E-state index in [1.807, 2.05) is 6.92 Å². The van der Waals surface area contributed by atoms with Crippen LogP contribution < -0.4 is 17.2 Å². The molecule has 21 heavy (non-hydrogen) atoms. The number of nitrogens with two attached hydrogens (primary N) is 3. The van der Waals surface area contributed by atoms with Gasteiger partial charge in [-0.1, -0.05) is 13.3 Å². The molecule has 0 fully saturated rings. The number of aliphatic hydroxyl groups excluding tert-OH is 1. The molecular weight excluding hydrogens is 266 g/mol. The summed E-state index contributed by atoms with van der Waals surface area (Å²) in [6.45, 7) is 9.59. The van der Waals surface area contributed by atoms with Gasteiger partial charge in [-0.2, -0.15) is 0 Å². The maximum absolute atomic E-state index is 9.74. The van der Waals surface area contributed by atoms with Gasteiger partial charge >= 0.3 is 0 Å². The predicted molar refractivity (Wildman–Crippen MR) is 90.2 cm³/mol. The summed E-state index contributed by atoms with van der Waals surface area (Å²) in [6.07, 6.45) is 4.08. The van der Waals surface area contributed by atoms with Gasteiger partial charge in [0, 0.05) is 45.8 Å². The van der Waals surface area contributed by atoms with E-state index in [9.17, 15) is 5.11 Å². The van der Waals surface area contributed by atoms with Gasteiger partial charge in [-0.05, 0) is 32.4 Å². The molecule has 1 unspecified atom stereocenters. The van der Waals surface area contributed by atoms with E-state index in [1.165, 1.54) is 12.8 Å². The molecule has 6 nitrogen and oxygen atoms in total. The number of unbranched alkanes of at least 4 members (excludes halogenated alkanes) is 2. The molecule has 128 valence electrons. The number of hydrogen-bond donors (Lipinski definition) is 4. The van der Waals surface area contributed by atoms with Crippen molar-refractivity contribution in [3.63, 3.8) is 0 Å². The van der Waals surface area contributed by atoms with Crippen LogP contribution in [0.25, 0.3) is 0 Å². The van der Waals surface area contributed by atoms with Crippen LogP contribution in [0, 0.1) is 0 Å². The van der Waals surface area contributed by atoms with Gasteiger partial charge in [0.2, 0.25) is 0 Å². The van der Waals surface area contributed by atoms with Gasteiger partial charge in [-0.25, -0.2) is 0 Å². The highest BCUT2D eigenvalue weighted by atomic mass is 16.3. The summed E-state index contributed by atoms with van der Waals surface area (Å²) < 4.78 is 0. The fourth-order valence-corrected chi connectivity index (χ4v) is 2.45. The zero-order chi connectivity index (χ0) is 15.9. The van der Waals surface area contributed by atoms with Gasteiger partial charge in [0.15, 0.2) is 0 Å². The first-order valence-corrected chi connectivity index (χ1v) is 8.40. The van der Waals surface area contributed by atoms with Crippen molar-refractivity contribution in [2.45, 2.75) is 38.7 Å². The van der Waals surface area contributed by atoms with E-state index in [0.717, 1.165) is 52.1 Å². The van der Waals surface area contributed by atoms with Crippen LogP contribution in [0.2, 0.25) is 0 Å². The Hall–Kier alpha value is -0.240. The fraction of sp³-hybridized carbons (Fsp3) is 1.00. The smallest absolute Gasteiger partial charge is 0.0664 e. The Labute approximate surface area is 130 Å². The Morgan fingerprint density at radius 1 is 0.762 bits per heavy atom. The molecule has 0 aliphatic rings. The molecule has 0 saturated carbocycles. The van der Waals surface area contributed by atoms with E-state index < -0.39 is 0 Å². The first kappa shape index (κ1) is 20.8. The number of hydrogen-bond acceptors (Lipinski definition) is 6.